The summed E-state index contributed by atoms with van der Waals surface area (Å²) in [4.78, 5) is 4.44. The van der Waals surface area contributed by atoms with Crippen molar-refractivity contribution in [2.45, 2.75) is 38.1 Å². The first-order valence-electron chi connectivity index (χ1n) is 6.99. The number of phenols is 1. The van der Waals surface area contributed by atoms with Crippen LogP contribution in [0.5, 0.6) is 5.75 Å². The quantitative estimate of drug-likeness (QED) is 0.878. The van der Waals surface area contributed by atoms with Gasteiger partial charge in [0, 0.05) is 5.56 Å². The summed E-state index contributed by atoms with van der Waals surface area (Å²) in [6.07, 6.45) is 4.03. The number of aromatic nitrogens is 2. The molecule has 1 fully saturated rings. The lowest BCUT2D eigenvalue weighted by molar-refractivity contribution is 0.183. The Kier molecular flexibility index (Phi) is 3.22. The monoisotopic (exact) mass is 273 g/mol. The van der Waals surface area contributed by atoms with E-state index in [9.17, 15) is 5.11 Å². The van der Waals surface area contributed by atoms with Crippen molar-refractivity contribution in [2.24, 2.45) is 11.7 Å². The summed E-state index contributed by atoms with van der Waals surface area (Å²) in [7, 11) is 0. The summed E-state index contributed by atoms with van der Waals surface area (Å²) >= 11 is 0. The molecule has 20 heavy (non-hydrogen) atoms. The lowest BCUT2D eigenvalue weighted by Gasteiger charge is -2.33. The van der Waals surface area contributed by atoms with Gasteiger partial charge in [-0.3, -0.25) is 0 Å². The molecule has 0 bridgehead atoms. The summed E-state index contributed by atoms with van der Waals surface area (Å²) in [6.45, 7) is 2.20. The van der Waals surface area contributed by atoms with Crippen LogP contribution in [0.3, 0.4) is 0 Å². The number of rotatable bonds is 2. The SMILES string of the molecule is CC1CCCC(N)(c2nc(-c3cccc(O)c3)no2)C1. The Labute approximate surface area is 117 Å². The summed E-state index contributed by atoms with van der Waals surface area (Å²) in [6, 6.07) is 6.81. The molecule has 1 heterocycles. The number of nitrogens with zero attached hydrogens (tertiary/aromatic N) is 2. The first-order valence-corrected chi connectivity index (χ1v) is 6.99. The Hall–Kier alpha value is -1.88. The van der Waals surface area contributed by atoms with Crippen molar-refractivity contribution in [3.05, 3.63) is 30.2 Å². The highest BCUT2D eigenvalue weighted by Gasteiger charge is 2.37. The van der Waals surface area contributed by atoms with Gasteiger partial charge >= 0.3 is 0 Å². The van der Waals surface area contributed by atoms with Crippen LogP contribution in [-0.2, 0) is 5.54 Å². The summed E-state index contributed by atoms with van der Waals surface area (Å²) in [5.41, 5.74) is 6.66. The second kappa shape index (κ2) is 4.90. The minimum absolute atomic E-state index is 0.183. The number of nitrogens with two attached hydrogens (primary N) is 1. The Morgan fingerprint density at radius 1 is 1.45 bits per heavy atom. The molecule has 5 heteroatoms. The minimum Gasteiger partial charge on any atom is -0.508 e. The van der Waals surface area contributed by atoms with E-state index in [4.69, 9.17) is 10.3 Å². The van der Waals surface area contributed by atoms with Crippen LogP contribution in [0.15, 0.2) is 28.8 Å². The van der Waals surface area contributed by atoms with Crippen LogP contribution in [-0.4, -0.2) is 15.2 Å². The molecule has 1 aromatic carbocycles. The third-order valence-corrected chi connectivity index (χ3v) is 3.99. The molecule has 3 rings (SSSR count). The number of hydrogen-bond donors (Lipinski definition) is 2. The Morgan fingerprint density at radius 3 is 3.05 bits per heavy atom. The fraction of sp³-hybridized carbons (Fsp3) is 0.467. The Bertz CT molecular complexity index is 611. The van der Waals surface area contributed by atoms with E-state index in [2.05, 4.69) is 17.1 Å². The van der Waals surface area contributed by atoms with E-state index in [0.29, 0.717) is 17.6 Å². The van der Waals surface area contributed by atoms with E-state index in [0.717, 1.165) is 24.8 Å². The van der Waals surface area contributed by atoms with Crippen molar-refractivity contribution in [1.82, 2.24) is 10.1 Å². The van der Waals surface area contributed by atoms with Gasteiger partial charge in [-0.15, -0.1) is 0 Å². The van der Waals surface area contributed by atoms with E-state index in [1.807, 2.05) is 6.07 Å². The molecule has 1 saturated carbocycles. The van der Waals surface area contributed by atoms with Crippen LogP contribution in [0.1, 0.15) is 38.5 Å². The second-order valence-corrected chi connectivity index (χ2v) is 5.83. The van der Waals surface area contributed by atoms with Gasteiger partial charge in [0.25, 0.3) is 0 Å². The zero-order valence-corrected chi connectivity index (χ0v) is 11.5. The van der Waals surface area contributed by atoms with Crippen molar-refractivity contribution in [1.29, 1.82) is 0 Å². The highest BCUT2D eigenvalue weighted by molar-refractivity contribution is 5.56. The molecule has 5 nitrogen and oxygen atoms in total. The molecule has 1 aliphatic carbocycles. The lowest BCUT2D eigenvalue weighted by Crippen LogP contribution is -2.41. The van der Waals surface area contributed by atoms with Crippen molar-refractivity contribution in [3.63, 3.8) is 0 Å². The summed E-state index contributed by atoms with van der Waals surface area (Å²) in [5.74, 6) is 1.73. The Balaban J connectivity index is 1.90. The topological polar surface area (TPSA) is 85.2 Å². The van der Waals surface area contributed by atoms with Crippen molar-refractivity contribution < 1.29 is 9.63 Å². The first kappa shape index (κ1) is 13.1. The van der Waals surface area contributed by atoms with Crippen LogP contribution in [0.25, 0.3) is 11.4 Å². The third kappa shape index (κ3) is 2.41. The molecule has 0 saturated heterocycles. The normalized spacial score (nSPS) is 26.6. The van der Waals surface area contributed by atoms with Crippen LogP contribution in [0.2, 0.25) is 0 Å². The fourth-order valence-corrected chi connectivity index (χ4v) is 2.97. The predicted molar refractivity (Wildman–Crippen MR) is 74.9 cm³/mol. The Morgan fingerprint density at radius 2 is 2.30 bits per heavy atom. The van der Waals surface area contributed by atoms with E-state index < -0.39 is 5.54 Å². The van der Waals surface area contributed by atoms with Crippen molar-refractivity contribution in [2.75, 3.05) is 0 Å². The maximum Gasteiger partial charge on any atom is 0.247 e. The maximum absolute atomic E-state index is 9.50. The molecule has 0 radical (unpaired) electrons. The van der Waals surface area contributed by atoms with Gasteiger partial charge in [0.2, 0.25) is 11.7 Å². The van der Waals surface area contributed by atoms with Gasteiger partial charge in [-0.1, -0.05) is 37.1 Å². The fourth-order valence-electron chi connectivity index (χ4n) is 2.97. The summed E-state index contributed by atoms with van der Waals surface area (Å²) in [5, 5.41) is 13.5. The highest BCUT2D eigenvalue weighted by atomic mass is 16.5. The van der Waals surface area contributed by atoms with Gasteiger partial charge in [0.1, 0.15) is 5.75 Å². The molecule has 1 aliphatic rings. The standard InChI is InChI=1S/C15H19N3O2/c1-10-4-3-7-15(16,9-10)14-17-13(18-20-14)11-5-2-6-12(19)8-11/h2,5-6,8,10,19H,3-4,7,9,16H2,1H3. The molecule has 2 atom stereocenters. The second-order valence-electron chi connectivity index (χ2n) is 5.83. The van der Waals surface area contributed by atoms with Crippen molar-refractivity contribution >= 4 is 0 Å². The van der Waals surface area contributed by atoms with Gasteiger partial charge < -0.3 is 15.4 Å². The molecule has 0 spiro atoms. The number of benzene rings is 1. The van der Waals surface area contributed by atoms with Crippen molar-refractivity contribution in [3.8, 4) is 17.1 Å². The molecule has 0 amide bonds. The molecular formula is C15H19N3O2. The van der Waals surface area contributed by atoms with Gasteiger partial charge in [-0.2, -0.15) is 4.98 Å². The van der Waals surface area contributed by atoms with Crippen LogP contribution in [0.4, 0.5) is 0 Å². The minimum atomic E-state index is -0.514. The largest absolute Gasteiger partial charge is 0.508 e. The van der Waals surface area contributed by atoms with Gasteiger partial charge in [0.05, 0.1) is 5.54 Å². The summed E-state index contributed by atoms with van der Waals surface area (Å²) < 4.78 is 5.38. The third-order valence-electron chi connectivity index (χ3n) is 3.99. The molecule has 2 unspecified atom stereocenters. The number of phenolic OH excluding ortho intramolecular Hbond substituents is 1. The van der Waals surface area contributed by atoms with Gasteiger partial charge in [-0.05, 0) is 30.9 Å². The van der Waals surface area contributed by atoms with Crippen LogP contribution < -0.4 is 5.73 Å². The van der Waals surface area contributed by atoms with Gasteiger partial charge in [-0.25, -0.2) is 0 Å². The van der Waals surface area contributed by atoms with Crippen LogP contribution >= 0.6 is 0 Å². The van der Waals surface area contributed by atoms with E-state index >= 15 is 0 Å². The zero-order chi connectivity index (χ0) is 14.2. The van der Waals surface area contributed by atoms with E-state index in [1.54, 1.807) is 18.2 Å². The number of aromatic hydroxyl groups is 1. The lowest BCUT2D eigenvalue weighted by atomic mass is 9.77. The predicted octanol–water partition coefficient (Wildman–Crippen LogP) is 2.81. The van der Waals surface area contributed by atoms with Gasteiger partial charge in [0.15, 0.2) is 0 Å². The van der Waals surface area contributed by atoms with Crippen LogP contribution in [0, 0.1) is 5.92 Å². The average molecular weight is 273 g/mol. The first-order chi connectivity index (χ1) is 9.57. The average Bonchev–Trinajstić information content (AvgIpc) is 2.88. The molecule has 0 aliphatic heterocycles. The maximum atomic E-state index is 9.50. The van der Waals surface area contributed by atoms with E-state index in [-0.39, 0.29) is 5.75 Å². The van der Waals surface area contributed by atoms with E-state index in [1.165, 1.54) is 6.42 Å². The number of hydrogen-bond acceptors (Lipinski definition) is 5. The smallest absolute Gasteiger partial charge is 0.247 e. The molecule has 1 aromatic heterocycles. The molecule has 106 valence electrons. The molecule has 3 N–H and O–H groups in total. The zero-order valence-electron chi connectivity index (χ0n) is 11.5. The molecule has 2 aromatic rings. The molecular weight excluding hydrogens is 254 g/mol. The highest BCUT2D eigenvalue weighted by Crippen LogP contribution is 2.37.